The van der Waals surface area contributed by atoms with Crippen LogP contribution >= 0.6 is 23.6 Å². The van der Waals surface area contributed by atoms with Crippen LogP contribution in [-0.4, -0.2) is 19.4 Å². The maximum Gasteiger partial charge on any atom is 0.161 e. The Morgan fingerprint density at radius 2 is 1.17 bits per heavy atom. The molecule has 224 valence electrons. The molecule has 0 fully saturated rings. The molecule has 4 aromatic heterocycles. The fourth-order valence-corrected chi connectivity index (χ4v) is 8.46. The fourth-order valence-electron chi connectivity index (χ4n) is 6.99. The first-order valence-electron chi connectivity index (χ1n) is 15.8. The molecule has 0 aliphatic carbocycles. The highest BCUT2D eigenvalue weighted by atomic mass is 32.1. The number of para-hydroxylation sites is 1. The summed E-state index contributed by atoms with van der Waals surface area (Å²) >= 11 is 7.93. The van der Waals surface area contributed by atoms with Crippen molar-refractivity contribution in [2.45, 2.75) is 0 Å². The van der Waals surface area contributed by atoms with Gasteiger partial charge in [0, 0.05) is 53.2 Å². The van der Waals surface area contributed by atoms with Crippen molar-refractivity contribution in [2.75, 3.05) is 0 Å². The zero-order chi connectivity index (χ0) is 31.8. The van der Waals surface area contributed by atoms with E-state index < -0.39 is 0 Å². The molecule has 0 aliphatic heterocycles. The average Bonchev–Trinajstić information content (AvgIpc) is 3.74. The smallest absolute Gasteiger partial charge is 0.161 e. The fraction of sp³-hybridized carbons (Fsp3) is 0. The van der Waals surface area contributed by atoms with E-state index in [-0.39, 0.29) is 0 Å². The molecular formula is C42H24N4S2. The predicted octanol–water partition coefficient (Wildman–Crippen LogP) is 11.6. The first-order valence-corrected chi connectivity index (χ1v) is 17.1. The SMILES string of the molecule is S=c1c2ccccc2c2cccc3nc(-c4ccc5sc6cccc(-c7nc(-c8ccccc8)cc(-c8ccccc8)n7)c6c5c4)n1c32. The van der Waals surface area contributed by atoms with Crippen LogP contribution in [0.2, 0.25) is 0 Å². The van der Waals surface area contributed by atoms with Crippen molar-refractivity contribution in [3.63, 3.8) is 0 Å². The molecule has 0 N–H and O–H groups in total. The second kappa shape index (κ2) is 10.6. The normalized spacial score (nSPS) is 11.8. The van der Waals surface area contributed by atoms with Gasteiger partial charge in [-0.15, -0.1) is 11.3 Å². The third-order valence-corrected chi connectivity index (χ3v) is 10.7. The number of hydrogen-bond donors (Lipinski definition) is 0. The highest BCUT2D eigenvalue weighted by molar-refractivity contribution is 7.71. The molecule has 0 unspecified atom stereocenters. The summed E-state index contributed by atoms with van der Waals surface area (Å²) in [7, 11) is 0. The standard InChI is InChI=1S/C42H24N4S2/c47-42-30-16-8-7-15-28(30)29-17-9-19-33-39(29)46(42)41(45-33)27-21-22-36-32(23-27)38-31(18-10-20-37(38)48-36)40-43-34(25-11-3-1-4-12-25)24-35(44-40)26-13-5-2-6-14-26/h1-24H. The number of pyridine rings is 1. The molecular weight excluding hydrogens is 625 g/mol. The Kier molecular flexibility index (Phi) is 6.03. The average molecular weight is 649 g/mol. The van der Waals surface area contributed by atoms with Gasteiger partial charge in [-0.2, -0.15) is 0 Å². The zero-order valence-corrected chi connectivity index (χ0v) is 27.1. The van der Waals surface area contributed by atoms with Gasteiger partial charge in [0.05, 0.1) is 22.4 Å². The molecule has 0 saturated carbocycles. The number of thiophene rings is 1. The molecule has 4 heterocycles. The minimum atomic E-state index is 0.704. The van der Waals surface area contributed by atoms with Crippen molar-refractivity contribution in [1.82, 2.24) is 19.4 Å². The van der Waals surface area contributed by atoms with Crippen LogP contribution in [0.3, 0.4) is 0 Å². The summed E-state index contributed by atoms with van der Waals surface area (Å²) < 4.78 is 5.33. The van der Waals surface area contributed by atoms with E-state index >= 15 is 0 Å². The second-order valence-electron chi connectivity index (χ2n) is 12.0. The molecule has 0 radical (unpaired) electrons. The summed E-state index contributed by atoms with van der Waals surface area (Å²) in [4.78, 5) is 15.5. The van der Waals surface area contributed by atoms with Crippen LogP contribution in [0, 0.1) is 4.64 Å². The van der Waals surface area contributed by atoms with Crippen LogP contribution in [0.1, 0.15) is 0 Å². The minimum Gasteiger partial charge on any atom is -0.281 e. The van der Waals surface area contributed by atoms with Crippen molar-refractivity contribution >= 4 is 70.9 Å². The van der Waals surface area contributed by atoms with E-state index in [1.165, 1.54) is 9.40 Å². The number of benzene rings is 6. The third-order valence-electron chi connectivity index (χ3n) is 9.19. The van der Waals surface area contributed by atoms with E-state index in [0.29, 0.717) is 5.82 Å². The zero-order valence-electron chi connectivity index (χ0n) is 25.5. The van der Waals surface area contributed by atoms with E-state index in [2.05, 4.69) is 114 Å². The van der Waals surface area contributed by atoms with Crippen molar-refractivity contribution in [2.24, 2.45) is 0 Å². The van der Waals surface area contributed by atoms with Crippen LogP contribution in [0.15, 0.2) is 146 Å². The first-order chi connectivity index (χ1) is 23.7. The largest absolute Gasteiger partial charge is 0.281 e. The molecule has 0 spiro atoms. The molecule has 0 saturated heterocycles. The summed E-state index contributed by atoms with van der Waals surface area (Å²) in [5.41, 5.74) is 7.92. The molecule has 4 nitrogen and oxygen atoms in total. The molecule has 0 aliphatic rings. The van der Waals surface area contributed by atoms with Crippen molar-refractivity contribution < 1.29 is 0 Å². The maximum absolute atomic E-state index is 6.14. The van der Waals surface area contributed by atoms with Crippen molar-refractivity contribution in [3.05, 3.63) is 150 Å². The summed E-state index contributed by atoms with van der Waals surface area (Å²) in [5, 5.41) is 5.67. The molecule has 48 heavy (non-hydrogen) atoms. The van der Waals surface area contributed by atoms with Gasteiger partial charge in [0.1, 0.15) is 10.5 Å². The quantitative estimate of drug-likeness (QED) is 0.141. The van der Waals surface area contributed by atoms with Crippen LogP contribution in [0.4, 0.5) is 0 Å². The van der Waals surface area contributed by atoms with Gasteiger partial charge in [-0.1, -0.05) is 121 Å². The second-order valence-corrected chi connectivity index (χ2v) is 13.5. The number of aromatic nitrogens is 4. The number of imidazole rings is 1. The maximum atomic E-state index is 6.14. The lowest BCUT2D eigenvalue weighted by molar-refractivity contribution is 1.16. The van der Waals surface area contributed by atoms with E-state index in [4.69, 9.17) is 27.2 Å². The lowest BCUT2D eigenvalue weighted by Gasteiger charge is -2.11. The molecule has 10 rings (SSSR count). The number of hydrogen-bond acceptors (Lipinski definition) is 5. The van der Waals surface area contributed by atoms with Gasteiger partial charge in [-0.05, 0) is 41.8 Å². The number of fused-ring (bicyclic) bond motifs is 5. The lowest BCUT2D eigenvalue weighted by Crippen LogP contribution is -1.96. The number of nitrogens with zero attached hydrogens (tertiary/aromatic N) is 4. The van der Waals surface area contributed by atoms with E-state index in [0.717, 1.165) is 82.1 Å². The summed E-state index contributed by atoms with van der Waals surface area (Å²) in [6, 6.07) is 50.5. The highest BCUT2D eigenvalue weighted by Crippen LogP contribution is 2.42. The van der Waals surface area contributed by atoms with Gasteiger partial charge < -0.3 is 0 Å². The Balaban J connectivity index is 1.23. The van der Waals surface area contributed by atoms with Crippen molar-refractivity contribution in [3.8, 4) is 45.3 Å². The van der Waals surface area contributed by atoms with Crippen LogP contribution in [0.25, 0.3) is 92.7 Å². The highest BCUT2D eigenvalue weighted by Gasteiger charge is 2.20. The molecule has 0 atom stereocenters. The van der Waals surface area contributed by atoms with Gasteiger partial charge >= 0.3 is 0 Å². The summed E-state index contributed by atoms with van der Waals surface area (Å²) in [6.07, 6.45) is 0. The predicted molar refractivity (Wildman–Crippen MR) is 202 cm³/mol. The van der Waals surface area contributed by atoms with Gasteiger partial charge in [-0.3, -0.25) is 4.40 Å². The minimum absolute atomic E-state index is 0.704. The van der Waals surface area contributed by atoms with Gasteiger partial charge in [-0.25, -0.2) is 15.0 Å². The topological polar surface area (TPSA) is 43.1 Å². The van der Waals surface area contributed by atoms with Crippen molar-refractivity contribution in [1.29, 1.82) is 0 Å². The molecule has 6 aromatic carbocycles. The van der Waals surface area contributed by atoms with Gasteiger partial charge in [0.25, 0.3) is 0 Å². The van der Waals surface area contributed by atoms with Crippen LogP contribution < -0.4 is 0 Å². The van der Waals surface area contributed by atoms with Crippen LogP contribution in [-0.2, 0) is 0 Å². The Bertz CT molecular complexity index is 2850. The molecule has 0 bridgehead atoms. The summed E-state index contributed by atoms with van der Waals surface area (Å²) in [5.74, 6) is 1.55. The Hall–Kier alpha value is -5.82. The Morgan fingerprint density at radius 3 is 1.92 bits per heavy atom. The third kappa shape index (κ3) is 4.13. The first kappa shape index (κ1) is 27.3. The Labute approximate surface area is 284 Å². The van der Waals surface area contributed by atoms with E-state index in [9.17, 15) is 0 Å². The summed E-state index contributed by atoms with van der Waals surface area (Å²) in [6.45, 7) is 0. The molecule has 0 amide bonds. The Morgan fingerprint density at radius 1 is 0.500 bits per heavy atom. The monoisotopic (exact) mass is 648 g/mol. The van der Waals surface area contributed by atoms with E-state index in [1.807, 2.05) is 36.4 Å². The lowest BCUT2D eigenvalue weighted by atomic mass is 10.0. The van der Waals surface area contributed by atoms with Gasteiger partial charge in [0.2, 0.25) is 0 Å². The molecule has 6 heteroatoms. The van der Waals surface area contributed by atoms with E-state index in [1.54, 1.807) is 11.3 Å². The van der Waals surface area contributed by atoms with Gasteiger partial charge in [0.15, 0.2) is 5.82 Å². The van der Waals surface area contributed by atoms with Crippen LogP contribution in [0.5, 0.6) is 0 Å². The number of rotatable bonds is 4. The molecule has 10 aromatic rings.